The van der Waals surface area contributed by atoms with Crippen molar-refractivity contribution in [1.29, 1.82) is 0 Å². The Morgan fingerprint density at radius 1 is 0.649 bits per heavy atom. The van der Waals surface area contributed by atoms with Crippen LogP contribution >= 0.6 is 0 Å². The minimum Gasteiger partial charge on any atom is -0.452 e. The molecule has 1 fully saturated rings. The molecule has 1 N–H and O–H groups in total. The van der Waals surface area contributed by atoms with Crippen LogP contribution in [0.25, 0.3) is 0 Å². The van der Waals surface area contributed by atoms with E-state index in [9.17, 15) is 19.2 Å². The first-order valence-electron chi connectivity index (χ1n) is 11.6. The molecule has 0 aromatic heterocycles. The minimum atomic E-state index is -1.33. The SMILES string of the molecule is CC(=O)N[C@@H]1OC[C@@H](OC(=O)c2ccccc2)[C@@H](OC(=O)c2ccccc2)[C@@H]1OC(=O)c1ccccc1. The van der Waals surface area contributed by atoms with Gasteiger partial charge in [0.15, 0.2) is 24.5 Å². The van der Waals surface area contributed by atoms with E-state index in [0.717, 1.165) is 0 Å². The van der Waals surface area contributed by atoms with Crippen molar-refractivity contribution in [3.05, 3.63) is 108 Å². The van der Waals surface area contributed by atoms with E-state index < -0.39 is 48.4 Å². The number of hydrogen-bond acceptors (Lipinski definition) is 8. The van der Waals surface area contributed by atoms with Crippen molar-refractivity contribution in [2.45, 2.75) is 31.5 Å². The van der Waals surface area contributed by atoms with Gasteiger partial charge in [-0.05, 0) is 36.4 Å². The quantitative estimate of drug-likeness (QED) is 0.386. The number of hydrogen-bond donors (Lipinski definition) is 1. The number of rotatable bonds is 7. The summed E-state index contributed by atoms with van der Waals surface area (Å²) in [6.45, 7) is 1.04. The minimum absolute atomic E-state index is 0.227. The van der Waals surface area contributed by atoms with E-state index in [1.807, 2.05) is 0 Å². The molecule has 0 unspecified atom stereocenters. The number of benzene rings is 3. The monoisotopic (exact) mass is 503 g/mol. The average Bonchev–Trinajstić information content (AvgIpc) is 2.92. The molecular weight excluding hydrogens is 478 g/mol. The number of nitrogens with one attached hydrogen (secondary N) is 1. The molecule has 9 heteroatoms. The fourth-order valence-electron chi connectivity index (χ4n) is 3.78. The Morgan fingerprint density at radius 3 is 1.49 bits per heavy atom. The lowest BCUT2D eigenvalue weighted by Crippen LogP contribution is -2.62. The zero-order valence-corrected chi connectivity index (χ0v) is 19.9. The molecule has 4 atom stereocenters. The van der Waals surface area contributed by atoms with Gasteiger partial charge < -0.3 is 24.3 Å². The van der Waals surface area contributed by atoms with E-state index >= 15 is 0 Å². The molecule has 9 nitrogen and oxygen atoms in total. The van der Waals surface area contributed by atoms with Crippen molar-refractivity contribution in [2.75, 3.05) is 6.61 Å². The lowest BCUT2D eigenvalue weighted by atomic mass is 10.0. The van der Waals surface area contributed by atoms with E-state index in [1.165, 1.54) is 6.92 Å². The first kappa shape index (κ1) is 25.6. The fourth-order valence-corrected chi connectivity index (χ4v) is 3.78. The summed E-state index contributed by atoms with van der Waals surface area (Å²) in [4.78, 5) is 50.7. The van der Waals surface area contributed by atoms with Crippen molar-refractivity contribution >= 4 is 23.8 Å². The van der Waals surface area contributed by atoms with Gasteiger partial charge in [-0.1, -0.05) is 54.6 Å². The van der Waals surface area contributed by atoms with Gasteiger partial charge in [-0.25, -0.2) is 14.4 Å². The highest BCUT2D eigenvalue weighted by molar-refractivity contribution is 5.91. The van der Waals surface area contributed by atoms with Crippen LogP contribution in [0.1, 0.15) is 38.0 Å². The standard InChI is InChI=1S/C28H25NO8/c1-18(30)29-25-24(37-28(33)21-15-9-4-10-16-21)23(36-27(32)20-13-7-3-8-14-20)22(17-34-25)35-26(31)19-11-5-2-6-12-19/h2-16,22-25H,17H2,1H3,(H,29,30)/t22-,23-,24+,25-/m1/s1. The van der Waals surface area contributed by atoms with Gasteiger partial charge in [-0.3, -0.25) is 4.79 Å². The zero-order valence-electron chi connectivity index (χ0n) is 19.9. The summed E-state index contributed by atoms with van der Waals surface area (Å²) in [5.41, 5.74) is 0.754. The van der Waals surface area contributed by atoms with Crippen LogP contribution in [0.4, 0.5) is 0 Å². The second-order valence-electron chi connectivity index (χ2n) is 8.24. The van der Waals surface area contributed by atoms with Crippen molar-refractivity contribution in [1.82, 2.24) is 5.32 Å². The van der Waals surface area contributed by atoms with Crippen LogP contribution in [0.3, 0.4) is 0 Å². The number of amides is 1. The molecule has 0 bridgehead atoms. The molecule has 0 saturated carbocycles. The average molecular weight is 504 g/mol. The van der Waals surface area contributed by atoms with Gasteiger partial charge in [0.05, 0.1) is 23.3 Å². The van der Waals surface area contributed by atoms with Gasteiger partial charge in [0, 0.05) is 6.92 Å². The maximum Gasteiger partial charge on any atom is 0.338 e. The highest BCUT2D eigenvalue weighted by Gasteiger charge is 2.48. The summed E-state index contributed by atoms with van der Waals surface area (Å²) in [5, 5.41) is 2.57. The van der Waals surface area contributed by atoms with Crippen LogP contribution < -0.4 is 5.32 Å². The Morgan fingerprint density at radius 2 is 1.05 bits per heavy atom. The van der Waals surface area contributed by atoms with Gasteiger partial charge in [-0.2, -0.15) is 0 Å². The summed E-state index contributed by atoms with van der Waals surface area (Å²) in [6, 6.07) is 24.6. The Balaban J connectivity index is 1.65. The summed E-state index contributed by atoms with van der Waals surface area (Å²) < 4.78 is 22.9. The third-order valence-electron chi connectivity index (χ3n) is 5.55. The lowest BCUT2D eigenvalue weighted by Gasteiger charge is -2.40. The molecule has 1 aliphatic heterocycles. The smallest absolute Gasteiger partial charge is 0.338 e. The molecular formula is C28H25NO8. The number of esters is 3. The number of carbonyl (C=O) groups is 4. The van der Waals surface area contributed by atoms with E-state index in [1.54, 1.807) is 91.0 Å². The van der Waals surface area contributed by atoms with Crippen LogP contribution in [0.5, 0.6) is 0 Å². The van der Waals surface area contributed by atoms with Crippen LogP contribution in [0.15, 0.2) is 91.0 Å². The second-order valence-corrected chi connectivity index (χ2v) is 8.24. The first-order chi connectivity index (χ1) is 17.9. The van der Waals surface area contributed by atoms with Crippen molar-refractivity contribution in [2.24, 2.45) is 0 Å². The summed E-state index contributed by atoms with van der Waals surface area (Å²) in [6.07, 6.45) is -4.92. The summed E-state index contributed by atoms with van der Waals surface area (Å²) in [5.74, 6) is -2.60. The Hall–Kier alpha value is -4.50. The van der Waals surface area contributed by atoms with Crippen molar-refractivity contribution in [3.8, 4) is 0 Å². The molecule has 0 radical (unpaired) electrons. The molecule has 1 aliphatic rings. The Labute approximate surface area is 213 Å². The van der Waals surface area contributed by atoms with E-state index in [-0.39, 0.29) is 23.3 Å². The van der Waals surface area contributed by atoms with Gasteiger partial charge in [0.2, 0.25) is 5.91 Å². The Bertz CT molecular complexity index is 1230. The zero-order chi connectivity index (χ0) is 26.2. The maximum absolute atomic E-state index is 13.0. The van der Waals surface area contributed by atoms with Gasteiger partial charge >= 0.3 is 17.9 Å². The maximum atomic E-state index is 13.0. The highest BCUT2D eigenvalue weighted by atomic mass is 16.6. The first-order valence-corrected chi connectivity index (χ1v) is 11.6. The second kappa shape index (κ2) is 12.0. The lowest BCUT2D eigenvalue weighted by molar-refractivity contribution is -0.198. The molecule has 1 heterocycles. The molecule has 3 aromatic rings. The molecule has 3 aromatic carbocycles. The van der Waals surface area contributed by atoms with Crippen LogP contribution in [0.2, 0.25) is 0 Å². The van der Waals surface area contributed by atoms with Crippen LogP contribution in [-0.4, -0.2) is 55.0 Å². The van der Waals surface area contributed by atoms with Crippen LogP contribution in [-0.2, 0) is 23.7 Å². The van der Waals surface area contributed by atoms with Crippen LogP contribution in [0, 0.1) is 0 Å². The largest absolute Gasteiger partial charge is 0.452 e. The Kier molecular flexibility index (Phi) is 8.27. The van der Waals surface area contributed by atoms with E-state index in [4.69, 9.17) is 18.9 Å². The molecule has 0 spiro atoms. The highest BCUT2D eigenvalue weighted by Crippen LogP contribution is 2.26. The molecule has 0 aliphatic carbocycles. The van der Waals surface area contributed by atoms with Gasteiger partial charge in [-0.15, -0.1) is 0 Å². The molecule has 37 heavy (non-hydrogen) atoms. The predicted octanol–water partition coefficient (Wildman–Crippen LogP) is 3.16. The molecule has 190 valence electrons. The summed E-state index contributed by atoms with van der Waals surface area (Å²) >= 11 is 0. The van der Waals surface area contributed by atoms with Gasteiger partial charge in [0.1, 0.15) is 0 Å². The van der Waals surface area contributed by atoms with Crippen molar-refractivity contribution in [3.63, 3.8) is 0 Å². The third-order valence-corrected chi connectivity index (χ3v) is 5.55. The molecule has 1 amide bonds. The third kappa shape index (κ3) is 6.59. The van der Waals surface area contributed by atoms with E-state index in [2.05, 4.69) is 5.32 Å². The molecule has 1 saturated heterocycles. The topological polar surface area (TPSA) is 117 Å². The number of carbonyl (C=O) groups excluding carboxylic acids is 4. The summed E-state index contributed by atoms with van der Waals surface area (Å²) in [7, 11) is 0. The normalized spacial score (nSPS) is 20.8. The predicted molar refractivity (Wildman–Crippen MR) is 130 cm³/mol. The van der Waals surface area contributed by atoms with Crippen molar-refractivity contribution < 1.29 is 38.1 Å². The number of ether oxygens (including phenoxy) is 4. The fraction of sp³-hybridized carbons (Fsp3) is 0.214. The van der Waals surface area contributed by atoms with Gasteiger partial charge in [0.25, 0.3) is 0 Å². The van der Waals surface area contributed by atoms with E-state index in [0.29, 0.717) is 0 Å². The molecule has 4 rings (SSSR count).